The van der Waals surface area contributed by atoms with Gasteiger partial charge in [0, 0.05) is 11.6 Å². The zero-order valence-electron chi connectivity index (χ0n) is 12.2. The standard InChI is InChI=1S/C15H20BrClN2O/c1-9(2)14(8-20-4)19-13-7-11(16)5-6-12(13)18-15(19)10(3)17/h5-7,9-10,14H,8H2,1-4H3. The van der Waals surface area contributed by atoms with Crippen LogP contribution in [0, 0.1) is 5.92 Å². The van der Waals surface area contributed by atoms with Crippen LogP contribution in [-0.4, -0.2) is 23.3 Å². The van der Waals surface area contributed by atoms with Crippen molar-refractivity contribution in [2.75, 3.05) is 13.7 Å². The lowest BCUT2D eigenvalue weighted by Gasteiger charge is -2.25. The van der Waals surface area contributed by atoms with Crippen LogP contribution in [0.5, 0.6) is 0 Å². The Balaban J connectivity index is 2.68. The first-order chi connectivity index (χ1) is 9.45. The van der Waals surface area contributed by atoms with Crippen molar-refractivity contribution >= 4 is 38.6 Å². The Labute approximate surface area is 133 Å². The number of imidazole rings is 1. The number of ether oxygens (including phenoxy) is 1. The fraction of sp³-hybridized carbons (Fsp3) is 0.533. The fourth-order valence-electron chi connectivity index (χ4n) is 2.45. The smallest absolute Gasteiger partial charge is 0.128 e. The number of alkyl halides is 1. The molecule has 2 rings (SSSR count). The summed E-state index contributed by atoms with van der Waals surface area (Å²) in [5, 5.41) is -0.140. The summed E-state index contributed by atoms with van der Waals surface area (Å²) in [4.78, 5) is 4.69. The number of hydrogen-bond donors (Lipinski definition) is 0. The average molecular weight is 360 g/mol. The predicted octanol–water partition coefficient (Wildman–Crippen LogP) is 4.94. The molecule has 1 aromatic heterocycles. The van der Waals surface area contributed by atoms with Gasteiger partial charge in [0.05, 0.1) is 29.1 Å². The molecule has 0 aliphatic heterocycles. The molecule has 0 radical (unpaired) electrons. The van der Waals surface area contributed by atoms with E-state index < -0.39 is 0 Å². The van der Waals surface area contributed by atoms with Gasteiger partial charge in [-0.05, 0) is 31.0 Å². The quantitative estimate of drug-likeness (QED) is 0.707. The van der Waals surface area contributed by atoms with E-state index >= 15 is 0 Å². The average Bonchev–Trinajstić information content (AvgIpc) is 2.74. The molecule has 110 valence electrons. The highest BCUT2D eigenvalue weighted by Crippen LogP contribution is 2.32. The number of nitrogens with zero attached hydrogens (tertiary/aromatic N) is 2. The Bertz CT molecular complexity index is 595. The van der Waals surface area contributed by atoms with Gasteiger partial charge in [0.15, 0.2) is 0 Å². The molecule has 2 atom stereocenters. The molecule has 0 fully saturated rings. The highest BCUT2D eigenvalue weighted by molar-refractivity contribution is 9.10. The van der Waals surface area contributed by atoms with Crippen molar-refractivity contribution in [3.05, 3.63) is 28.5 Å². The van der Waals surface area contributed by atoms with Gasteiger partial charge in [0.2, 0.25) is 0 Å². The number of rotatable bonds is 5. The highest BCUT2D eigenvalue weighted by atomic mass is 79.9. The largest absolute Gasteiger partial charge is 0.383 e. The summed E-state index contributed by atoms with van der Waals surface area (Å²) in [5.41, 5.74) is 2.06. The number of fused-ring (bicyclic) bond motifs is 1. The Hall–Kier alpha value is -0.580. The summed E-state index contributed by atoms with van der Waals surface area (Å²) in [6, 6.07) is 6.33. The van der Waals surface area contributed by atoms with Gasteiger partial charge in [-0.15, -0.1) is 11.6 Å². The number of halogens is 2. The van der Waals surface area contributed by atoms with Crippen molar-refractivity contribution in [1.82, 2.24) is 9.55 Å². The zero-order valence-corrected chi connectivity index (χ0v) is 14.6. The second-order valence-electron chi connectivity index (χ2n) is 5.36. The van der Waals surface area contributed by atoms with Crippen molar-refractivity contribution in [1.29, 1.82) is 0 Å². The number of methoxy groups -OCH3 is 1. The highest BCUT2D eigenvalue weighted by Gasteiger charge is 2.24. The topological polar surface area (TPSA) is 27.1 Å². The van der Waals surface area contributed by atoms with Gasteiger partial charge in [0.25, 0.3) is 0 Å². The van der Waals surface area contributed by atoms with E-state index in [0.717, 1.165) is 21.3 Å². The molecule has 0 saturated carbocycles. The molecule has 2 unspecified atom stereocenters. The predicted molar refractivity (Wildman–Crippen MR) is 87.5 cm³/mol. The summed E-state index contributed by atoms with van der Waals surface area (Å²) in [6.07, 6.45) is 0. The molecule has 0 aliphatic rings. The number of aromatic nitrogens is 2. The van der Waals surface area contributed by atoms with E-state index in [4.69, 9.17) is 21.3 Å². The Kier molecular flexibility index (Phi) is 5.10. The van der Waals surface area contributed by atoms with Gasteiger partial charge >= 0.3 is 0 Å². The minimum absolute atomic E-state index is 0.140. The van der Waals surface area contributed by atoms with E-state index in [1.54, 1.807) is 7.11 Å². The lowest BCUT2D eigenvalue weighted by atomic mass is 10.0. The first-order valence-electron chi connectivity index (χ1n) is 6.76. The first kappa shape index (κ1) is 15.8. The summed E-state index contributed by atoms with van der Waals surface area (Å²) >= 11 is 9.87. The maximum Gasteiger partial charge on any atom is 0.128 e. The SMILES string of the molecule is COCC(C(C)C)n1c(C(C)Cl)nc2ccc(Br)cc21. The van der Waals surface area contributed by atoms with E-state index in [9.17, 15) is 0 Å². The second-order valence-corrected chi connectivity index (χ2v) is 6.93. The van der Waals surface area contributed by atoms with Crippen LogP contribution < -0.4 is 0 Å². The van der Waals surface area contributed by atoms with Crippen LogP contribution in [0.15, 0.2) is 22.7 Å². The summed E-state index contributed by atoms with van der Waals surface area (Å²) in [6.45, 7) is 6.98. The maximum atomic E-state index is 6.33. The zero-order chi connectivity index (χ0) is 14.9. The van der Waals surface area contributed by atoms with E-state index in [1.807, 2.05) is 19.1 Å². The molecule has 0 N–H and O–H groups in total. The van der Waals surface area contributed by atoms with Crippen LogP contribution in [-0.2, 0) is 4.74 Å². The monoisotopic (exact) mass is 358 g/mol. The van der Waals surface area contributed by atoms with E-state index in [0.29, 0.717) is 12.5 Å². The van der Waals surface area contributed by atoms with Crippen molar-refractivity contribution in [3.8, 4) is 0 Å². The third-order valence-electron chi connectivity index (χ3n) is 3.47. The van der Waals surface area contributed by atoms with Crippen LogP contribution in [0.2, 0.25) is 0 Å². The van der Waals surface area contributed by atoms with Crippen LogP contribution in [0.3, 0.4) is 0 Å². The van der Waals surface area contributed by atoms with E-state index in [1.165, 1.54) is 0 Å². The molecule has 1 heterocycles. The van der Waals surface area contributed by atoms with Gasteiger partial charge in [0.1, 0.15) is 5.82 Å². The van der Waals surface area contributed by atoms with Gasteiger partial charge in [-0.3, -0.25) is 0 Å². The van der Waals surface area contributed by atoms with Gasteiger partial charge in [-0.1, -0.05) is 29.8 Å². The van der Waals surface area contributed by atoms with Crippen LogP contribution in [0.1, 0.15) is 38.0 Å². The van der Waals surface area contributed by atoms with Crippen LogP contribution >= 0.6 is 27.5 Å². The minimum atomic E-state index is -0.140. The fourth-order valence-corrected chi connectivity index (χ4v) is 2.95. The number of hydrogen-bond acceptors (Lipinski definition) is 2. The van der Waals surface area contributed by atoms with Gasteiger partial charge < -0.3 is 9.30 Å². The Morgan fingerprint density at radius 2 is 2.05 bits per heavy atom. The van der Waals surface area contributed by atoms with Crippen molar-refractivity contribution in [3.63, 3.8) is 0 Å². The molecule has 0 aliphatic carbocycles. The van der Waals surface area contributed by atoms with Crippen molar-refractivity contribution in [2.45, 2.75) is 32.2 Å². The molecule has 20 heavy (non-hydrogen) atoms. The Morgan fingerprint density at radius 3 is 2.60 bits per heavy atom. The minimum Gasteiger partial charge on any atom is -0.383 e. The van der Waals surface area contributed by atoms with Gasteiger partial charge in [-0.2, -0.15) is 0 Å². The molecular formula is C15H20BrClN2O. The molecule has 0 saturated heterocycles. The van der Waals surface area contributed by atoms with Crippen LogP contribution in [0.4, 0.5) is 0 Å². The summed E-state index contributed by atoms with van der Waals surface area (Å²) in [5.74, 6) is 1.33. The molecule has 0 spiro atoms. The summed E-state index contributed by atoms with van der Waals surface area (Å²) < 4.78 is 8.67. The molecule has 3 nitrogen and oxygen atoms in total. The molecular weight excluding hydrogens is 340 g/mol. The second kappa shape index (κ2) is 6.46. The van der Waals surface area contributed by atoms with E-state index in [2.05, 4.69) is 40.4 Å². The normalized spacial score (nSPS) is 14.9. The van der Waals surface area contributed by atoms with Crippen LogP contribution in [0.25, 0.3) is 11.0 Å². The van der Waals surface area contributed by atoms with Gasteiger partial charge in [-0.25, -0.2) is 4.98 Å². The third-order valence-corrected chi connectivity index (χ3v) is 4.16. The third kappa shape index (κ3) is 3.02. The first-order valence-corrected chi connectivity index (χ1v) is 7.99. The molecule has 1 aromatic carbocycles. The summed E-state index contributed by atoms with van der Waals surface area (Å²) in [7, 11) is 1.73. The lowest BCUT2D eigenvalue weighted by molar-refractivity contribution is 0.133. The maximum absolute atomic E-state index is 6.33. The lowest BCUT2D eigenvalue weighted by Crippen LogP contribution is -2.22. The molecule has 0 amide bonds. The Morgan fingerprint density at radius 1 is 1.35 bits per heavy atom. The number of benzene rings is 1. The molecule has 0 bridgehead atoms. The molecule has 5 heteroatoms. The van der Waals surface area contributed by atoms with Crippen molar-refractivity contribution < 1.29 is 4.74 Å². The molecule has 2 aromatic rings. The van der Waals surface area contributed by atoms with E-state index in [-0.39, 0.29) is 11.4 Å². The van der Waals surface area contributed by atoms with Crippen molar-refractivity contribution in [2.24, 2.45) is 5.92 Å².